The highest BCUT2D eigenvalue weighted by Crippen LogP contribution is 2.29. The Kier molecular flexibility index (Phi) is 12.5. The van der Waals surface area contributed by atoms with Gasteiger partial charge in [-0.1, -0.05) is 60.7 Å². The lowest BCUT2D eigenvalue weighted by Crippen LogP contribution is -3.00. The van der Waals surface area contributed by atoms with Crippen molar-refractivity contribution in [2.45, 2.75) is 53.9 Å². The second kappa shape index (κ2) is 12.8. The van der Waals surface area contributed by atoms with Gasteiger partial charge in [-0.15, -0.1) is 0 Å². The predicted octanol–water partition coefficient (Wildman–Crippen LogP) is -0.546. The Morgan fingerprint density at radius 3 is 1.11 bits per heavy atom. The summed E-state index contributed by atoms with van der Waals surface area (Å²) in [7, 11) is 0. The first kappa shape index (κ1) is 27.3. The van der Waals surface area contributed by atoms with E-state index >= 15 is 0 Å². The molecule has 28 heavy (non-hydrogen) atoms. The number of nitrogens with zero attached hydrogens (tertiary/aromatic N) is 2. The summed E-state index contributed by atoms with van der Waals surface area (Å²) in [5.74, 6) is 0. The van der Waals surface area contributed by atoms with Crippen LogP contribution in [0.25, 0.3) is 0 Å². The van der Waals surface area contributed by atoms with E-state index in [0.717, 1.165) is 22.1 Å². The molecular weight excluding hydrogens is 476 g/mol. The summed E-state index contributed by atoms with van der Waals surface area (Å²) < 4.78 is 2.27. The van der Waals surface area contributed by atoms with Crippen LogP contribution in [0.1, 0.15) is 45.7 Å². The lowest BCUT2D eigenvalue weighted by Gasteiger charge is -2.51. The first-order valence-corrected chi connectivity index (χ1v) is 10.3. The molecule has 4 heteroatoms. The molecule has 0 heterocycles. The zero-order valence-electron chi connectivity index (χ0n) is 18.2. The molecule has 0 fully saturated rings. The third kappa shape index (κ3) is 6.16. The molecule has 0 bridgehead atoms. The molecule has 0 aliphatic rings. The highest BCUT2D eigenvalue weighted by Gasteiger charge is 2.44. The summed E-state index contributed by atoms with van der Waals surface area (Å²) in [6, 6.07) is 22.1. The van der Waals surface area contributed by atoms with Crippen molar-refractivity contribution in [3.63, 3.8) is 0 Å². The van der Waals surface area contributed by atoms with Crippen LogP contribution in [0.15, 0.2) is 60.7 Å². The van der Waals surface area contributed by atoms with Crippen molar-refractivity contribution >= 4 is 0 Å². The Morgan fingerprint density at radius 1 is 0.571 bits per heavy atom. The third-order valence-corrected chi connectivity index (χ3v) is 6.79. The molecule has 2 aromatic rings. The minimum absolute atomic E-state index is 0. The molecule has 0 spiro atoms. The summed E-state index contributed by atoms with van der Waals surface area (Å²) in [6.45, 7) is 18.9. The van der Waals surface area contributed by atoms with E-state index in [4.69, 9.17) is 0 Å². The van der Waals surface area contributed by atoms with Crippen molar-refractivity contribution in [3.8, 4) is 0 Å². The third-order valence-electron chi connectivity index (χ3n) is 6.79. The minimum Gasteiger partial charge on any atom is -1.00 e. The van der Waals surface area contributed by atoms with Crippen LogP contribution < -0.4 is 34.0 Å². The molecule has 0 amide bonds. The monoisotopic (exact) mass is 512 g/mol. The minimum atomic E-state index is 0. The van der Waals surface area contributed by atoms with Crippen molar-refractivity contribution in [2.24, 2.45) is 0 Å². The highest BCUT2D eigenvalue weighted by molar-refractivity contribution is 5.14. The van der Waals surface area contributed by atoms with E-state index in [9.17, 15) is 0 Å². The van der Waals surface area contributed by atoms with Crippen molar-refractivity contribution < 1.29 is 42.9 Å². The Bertz CT molecular complexity index is 581. The fourth-order valence-corrected chi connectivity index (χ4v) is 4.63. The first-order valence-electron chi connectivity index (χ1n) is 10.3. The molecule has 0 radical (unpaired) electrons. The highest BCUT2D eigenvalue weighted by atomic mass is 79.9. The fraction of sp³-hybridized carbons (Fsp3) is 0.500. The normalized spacial score (nSPS) is 11.6. The van der Waals surface area contributed by atoms with Gasteiger partial charge in [0.2, 0.25) is 6.17 Å². The van der Waals surface area contributed by atoms with Crippen LogP contribution in [0, 0.1) is 0 Å². The van der Waals surface area contributed by atoms with Gasteiger partial charge in [-0.25, -0.2) is 0 Å². The Morgan fingerprint density at radius 2 is 0.857 bits per heavy atom. The number of rotatable bonds is 10. The smallest absolute Gasteiger partial charge is 0.214 e. The molecule has 0 saturated carbocycles. The van der Waals surface area contributed by atoms with Crippen LogP contribution >= 0.6 is 0 Å². The maximum atomic E-state index is 2.49. The van der Waals surface area contributed by atoms with E-state index in [2.05, 4.69) is 95.3 Å². The molecule has 0 atom stereocenters. The Hall–Kier alpha value is -0.680. The summed E-state index contributed by atoms with van der Waals surface area (Å²) in [5, 5.41) is 0. The second-order valence-corrected chi connectivity index (χ2v) is 7.62. The summed E-state index contributed by atoms with van der Waals surface area (Å²) in [5.41, 5.74) is 2.90. The topological polar surface area (TPSA) is 0 Å². The molecule has 158 valence electrons. The fourth-order valence-electron chi connectivity index (χ4n) is 4.63. The van der Waals surface area contributed by atoms with E-state index in [0.29, 0.717) is 6.17 Å². The van der Waals surface area contributed by atoms with Crippen molar-refractivity contribution in [2.75, 3.05) is 26.2 Å². The van der Waals surface area contributed by atoms with E-state index in [1.165, 1.54) is 37.3 Å². The Labute approximate surface area is 194 Å². The van der Waals surface area contributed by atoms with Crippen molar-refractivity contribution in [3.05, 3.63) is 71.8 Å². The quantitative estimate of drug-likeness (QED) is 0.295. The molecule has 0 aliphatic carbocycles. The van der Waals surface area contributed by atoms with E-state index in [1.54, 1.807) is 0 Å². The van der Waals surface area contributed by atoms with Crippen LogP contribution in [0.2, 0.25) is 0 Å². The number of hydrogen-bond donors (Lipinski definition) is 0. The van der Waals surface area contributed by atoms with Gasteiger partial charge in [-0.3, -0.25) is 8.97 Å². The van der Waals surface area contributed by atoms with E-state index < -0.39 is 0 Å². The van der Waals surface area contributed by atoms with Gasteiger partial charge in [-0.05, 0) is 27.7 Å². The van der Waals surface area contributed by atoms with Crippen LogP contribution in [-0.2, 0) is 13.1 Å². The number of quaternary nitrogens is 2. The van der Waals surface area contributed by atoms with Gasteiger partial charge in [0.05, 0.1) is 26.2 Å². The predicted molar refractivity (Wildman–Crippen MR) is 112 cm³/mol. The average molecular weight is 514 g/mol. The van der Waals surface area contributed by atoms with Gasteiger partial charge >= 0.3 is 0 Å². The standard InChI is InChI=1S/C24H38N2.2BrH/c1-6-25(7-2,20-23-16-12-10-13-17-23)22(5)26(8-3,9-4)21-24-18-14-11-15-19-24;;/h10-19,22H,6-9,20-21H2,1-5H3;2*1H/q+2;;/p-2. The first-order chi connectivity index (χ1) is 12.6. The van der Waals surface area contributed by atoms with E-state index in [-0.39, 0.29) is 34.0 Å². The zero-order valence-corrected chi connectivity index (χ0v) is 21.4. The SMILES string of the molecule is CC[N+](CC)(Cc1ccccc1)C(C)[N+](CC)(CC)Cc1ccccc1.[Br-].[Br-]. The number of hydrogen-bond acceptors (Lipinski definition) is 0. The molecule has 0 unspecified atom stereocenters. The Balaban J connectivity index is 0.00000364. The van der Waals surface area contributed by atoms with Crippen LogP contribution in [0.4, 0.5) is 0 Å². The molecular formula is C24H38Br2N2. The number of benzene rings is 2. The molecule has 0 aliphatic heterocycles. The van der Waals surface area contributed by atoms with E-state index in [1.807, 2.05) is 0 Å². The largest absolute Gasteiger partial charge is 1.00 e. The van der Waals surface area contributed by atoms with Gasteiger partial charge in [0.15, 0.2) is 0 Å². The number of halogens is 2. The molecule has 0 aromatic heterocycles. The average Bonchev–Trinajstić information content (AvgIpc) is 2.71. The lowest BCUT2D eigenvalue weighted by molar-refractivity contribution is -1.14. The molecule has 0 saturated heterocycles. The van der Waals surface area contributed by atoms with Gasteiger partial charge in [0.1, 0.15) is 13.1 Å². The maximum Gasteiger partial charge on any atom is 0.214 e. The summed E-state index contributed by atoms with van der Waals surface area (Å²) in [6.07, 6.45) is 0.556. The zero-order chi connectivity index (χ0) is 19.0. The second-order valence-electron chi connectivity index (χ2n) is 7.62. The summed E-state index contributed by atoms with van der Waals surface area (Å²) in [4.78, 5) is 0. The van der Waals surface area contributed by atoms with Crippen LogP contribution in [0.5, 0.6) is 0 Å². The van der Waals surface area contributed by atoms with Crippen molar-refractivity contribution in [1.82, 2.24) is 0 Å². The maximum absolute atomic E-state index is 2.49. The van der Waals surface area contributed by atoms with Crippen molar-refractivity contribution in [1.29, 1.82) is 0 Å². The van der Waals surface area contributed by atoms with Gasteiger partial charge in [-0.2, -0.15) is 0 Å². The molecule has 0 N–H and O–H groups in total. The lowest BCUT2D eigenvalue weighted by atomic mass is 10.1. The summed E-state index contributed by atoms with van der Waals surface area (Å²) >= 11 is 0. The van der Waals surface area contributed by atoms with Crippen LogP contribution in [0.3, 0.4) is 0 Å². The van der Waals surface area contributed by atoms with Gasteiger partial charge < -0.3 is 34.0 Å². The van der Waals surface area contributed by atoms with Crippen LogP contribution in [-0.4, -0.2) is 41.3 Å². The van der Waals surface area contributed by atoms with Gasteiger partial charge in [0, 0.05) is 18.1 Å². The van der Waals surface area contributed by atoms with Gasteiger partial charge in [0.25, 0.3) is 0 Å². The molecule has 2 nitrogen and oxygen atoms in total. The molecule has 2 rings (SSSR count). The molecule has 2 aromatic carbocycles.